The molecular formula is C21H29NO2. The fourth-order valence-corrected chi connectivity index (χ4v) is 2.38. The molecule has 1 N–H and O–H groups in total. The monoisotopic (exact) mass is 327 g/mol. The van der Waals surface area contributed by atoms with Crippen LogP contribution in [0.5, 0.6) is 11.5 Å². The lowest BCUT2D eigenvalue weighted by Crippen LogP contribution is -2.12. The summed E-state index contributed by atoms with van der Waals surface area (Å²) < 4.78 is 11.6. The van der Waals surface area contributed by atoms with Crippen molar-refractivity contribution in [3.63, 3.8) is 0 Å². The maximum Gasteiger partial charge on any atom is 0.122 e. The van der Waals surface area contributed by atoms with Crippen LogP contribution in [0.1, 0.15) is 39.2 Å². The van der Waals surface area contributed by atoms with E-state index in [9.17, 15) is 0 Å². The Labute approximate surface area is 146 Å². The van der Waals surface area contributed by atoms with Crippen molar-refractivity contribution in [2.45, 2.75) is 33.6 Å². The van der Waals surface area contributed by atoms with Crippen molar-refractivity contribution in [2.24, 2.45) is 5.92 Å². The van der Waals surface area contributed by atoms with Crippen LogP contribution in [-0.2, 0) is 0 Å². The van der Waals surface area contributed by atoms with E-state index in [2.05, 4.69) is 45.1 Å². The zero-order valence-electron chi connectivity index (χ0n) is 15.2. The Bertz CT molecular complexity index is 605. The highest BCUT2D eigenvalue weighted by Gasteiger charge is 2.06. The van der Waals surface area contributed by atoms with Gasteiger partial charge in [-0.15, -0.1) is 0 Å². The Hall–Kier alpha value is -2.16. The van der Waals surface area contributed by atoms with E-state index < -0.39 is 0 Å². The lowest BCUT2D eigenvalue weighted by Gasteiger charge is -2.14. The second-order valence-corrected chi connectivity index (χ2v) is 6.70. The number of rotatable bonds is 9. The van der Waals surface area contributed by atoms with Gasteiger partial charge in [0.1, 0.15) is 18.1 Å². The van der Waals surface area contributed by atoms with Crippen molar-refractivity contribution in [1.29, 1.82) is 0 Å². The predicted molar refractivity (Wildman–Crippen MR) is 101 cm³/mol. The van der Waals surface area contributed by atoms with Gasteiger partial charge in [-0.3, -0.25) is 0 Å². The molecule has 0 heterocycles. The molecule has 3 heteroatoms. The maximum absolute atomic E-state index is 5.92. The largest absolute Gasteiger partial charge is 0.493 e. The Morgan fingerprint density at radius 1 is 0.875 bits per heavy atom. The zero-order chi connectivity index (χ0) is 17.4. The molecule has 0 radical (unpaired) electrons. The van der Waals surface area contributed by atoms with Gasteiger partial charge < -0.3 is 14.8 Å². The first-order valence-electron chi connectivity index (χ1n) is 8.74. The molecule has 0 aliphatic carbocycles. The highest BCUT2D eigenvalue weighted by atomic mass is 16.5. The first-order chi connectivity index (χ1) is 11.6. The van der Waals surface area contributed by atoms with Crippen LogP contribution in [0.25, 0.3) is 0 Å². The third-order valence-electron chi connectivity index (χ3n) is 3.67. The van der Waals surface area contributed by atoms with Gasteiger partial charge in [0, 0.05) is 12.2 Å². The van der Waals surface area contributed by atoms with Crippen LogP contribution >= 0.6 is 0 Å². The summed E-state index contributed by atoms with van der Waals surface area (Å²) in [7, 11) is 0. The number of hydrogen-bond donors (Lipinski definition) is 1. The van der Waals surface area contributed by atoms with E-state index in [1.165, 1.54) is 5.56 Å². The molecule has 0 saturated heterocycles. The summed E-state index contributed by atoms with van der Waals surface area (Å²) in [6.45, 7) is 10.8. The second kappa shape index (κ2) is 9.21. The van der Waals surface area contributed by atoms with Gasteiger partial charge in [0.05, 0.1) is 6.61 Å². The molecule has 0 aliphatic heterocycles. The molecular weight excluding hydrogens is 298 g/mol. The van der Waals surface area contributed by atoms with E-state index in [0.717, 1.165) is 30.3 Å². The number of nitrogens with one attached hydrogen (secondary N) is 1. The third-order valence-corrected chi connectivity index (χ3v) is 3.67. The fourth-order valence-electron chi connectivity index (χ4n) is 2.38. The molecule has 0 unspecified atom stereocenters. The van der Waals surface area contributed by atoms with E-state index in [1.807, 2.05) is 36.4 Å². The first-order valence-corrected chi connectivity index (χ1v) is 8.74. The minimum Gasteiger partial charge on any atom is -0.493 e. The fraction of sp³-hybridized carbons (Fsp3) is 0.429. The Kier molecular flexibility index (Phi) is 6.98. The van der Waals surface area contributed by atoms with Crippen LogP contribution in [0.15, 0.2) is 48.5 Å². The third kappa shape index (κ3) is 5.80. The van der Waals surface area contributed by atoms with Crippen LogP contribution in [-0.4, -0.2) is 19.8 Å². The molecule has 2 aromatic rings. The SMILES string of the molecule is CC(C)COc1ccc(NCCOc2ccccc2C(C)C)cc1. The molecule has 0 bridgehead atoms. The average molecular weight is 327 g/mol. The number of benzene rings is 2. The average Bonchev–Trinajstić information content (AvgIpc) is 2.58. The van der Waals surface area contributed by atoms with Crippen molar-refractivity contribution < 1.29 is 9.47 Å². The van der Waals surface area contributed by atoms with Crippen LogP contribution in [0.2, 0.25) is 0 Å². The molecule has 0 aliphatic rings. The number of hydrogen-bond acceptors (Lipinski definition) is 3. The van der Waals surface area contributed by atoms with Crippen molar-refractivity contribution in [3.8, 4) is 11.5 Å². The van der Waals surface area contributed by atoms with E-state index in [-0.39, 0.29) is 0 Å². The van der Waals surface area contributed by atoms with Crippen LogP contribution in [0.4, 0.5) is 5.69 Å². The minimum atomic E-state index is 0.465. The molecule has 2 aromatic carbocycles. The smallest absolute Gasteiger partial charge is 0.122 e. The molecule has 0 fully saturated rings. The van der Waals surface area contributed by atoms with Gasteiger partial charge in [-0.25, -0.2) is 0 Å². The molecule has 0 atom stereocenters. The molecule has 130 valence electrons. The van der Waals surface area contributed by atoms with Crippen molar-refractivity contribution >= 4 is 5.69 Å². The minimum absolute atomic E-state index is 0.465. The van der Waals surface area contributed by atoms with Gasteiger partial charge in [-0.2, -0.15) is 0 Å². The van der Waals surface area contributed by atoms with Crippen molar-refractivity contribution in [1.82, 2.24) is 0 Å². The molecule has 3 nitrogen and oxygen atoms in total. The van der Waals surface area contributed by atoms with Gasteiger partial charge in [0.15, 0.2) is 0 Å². The predicted octanol–water partition coefficient (Wildman–Crippen LogP) is 5.34. The highest BCUT2D eigenvalue weighted by molar-refractivity contribution is 5.46. The summed E-state index contributed by atoms with van der Waals surface area (Å²) in [6.07, 6.45) is 0. The maximum atomic E-state index is 5.92. The summed E-state index contributed by atoms with van der Waals surface area (Å²) in [5, 5.41) is 3.38. The standard InChI is InChI=1S/C21H29NO2/c1-16(2)15-24-19-11-9-18(10-12-19)22-13-14-23-21-8-6-5-7-20(21)17(3)4/h5-12,16-17,22H,13-15H2,1-4H3. The Morgan fingerprint density at radius 3 is 2.25 bits per heavy atom. The topological polar surface area (TPSA) is 30.5 Å². The van der Waals surface area contributed by atoms with Crippen LogP contribution in [0.3, 0.4) is 0 Å². The molecule has 0 amide bonds. The highest BCUT2D eigenvalue weighted by Crippen LogP contribution is 2.25. The molecule has 0 spiro atoms. The number of para-hydroxylation sites is 1. The van der Waals surface area contributed by atoms with Gasteiger partial charge >= 0.3 is 0 Å². The second-order valence-electron chi connectivity index (χ2n) is 6.70. The number of ether oxygens (including phenoxy) is 2. The van der Waals surface area contributed by atoms with Crippen LogP contribution < -0.4 is 14.8 Å². The van der Waals surface area contributed by atoms with Gasteiger partial charge in [0.2, 0.25) is 0 Å². The lowest BCUT2D eigenvalue weighted by atomic mass is 10.0. The molecule has 2 rings (SSSR count). The van der Waals surface area contributed by atoms with E-state index in [4.69, 9.17) is 9.47 Å². The summed E-state index contributed by atoms with van der Waals surface area (Å²) >= 11 is 0. The summed E-state index contributed by atoms with van der Waals surface area (Å²) in [6, 6.07) is 16.3. The quantitative estimate of drug-likeness (QED) is 0.631. The van der Waals surface area contributed by atoms with E-state index in [1.54, 1.807) is 0 Å². The summed E-state index contributed by atoms with van der Waals surface area (Å²) in [4.78, 5) is 0. The normalized spacial score (nSPS) is 10.9. The summed E-state index contributed by atoms with van der Waals surface area (Å²) in [5.74, 6) is 2.89. The van der Waals surface area contributed by atoms with Crippen molar-refractivity contribution in [2.75, 3.05) is 25.1 Å². The Balaban J connectivity index is 1.76. The first kappa shape index (κ1) is 18.2. The van der Waals surface area contributed by atoms with E-state index in [0.29, 0.717) is 18.4 Å². The summed E-state index contributed by atoms with van der Waals surface area (Å²) in [5.41, 5.74) is 2.33. The Morgan fingerprint density at radius 2 is 1.58 bits per heavy atom. The van der Waals surface area contributed by atoms with Gasteiger partial charge in [-0.1, -0.05) is 45.9 Å². The van der Waals surface area contributed by atoms with E-state index >= 15 is 0 Å². The van der Waals surface area contributed by atoms with Crippen LogP contribution in [0, 0.1) is 5.92 Å². The molecule has 24 heavy (non-hydrogen) atoms. The number of anilines is 1. The molecule has 0 aromatic heterocycles. The van der Waals surface area contributed by atoms with Gasteiger partial charge in [0.25, 0.3) is 0 Å². The molecule has 0 saturated carbocycles. The lowest BCUT2D eigenvalue weighted by molar-refractivity contribution is 0.271. The van der Waals surface area contributed by atoms with Crippen molar-refractivity contribution in [3.05, 3.63) is 54.1 Å². The van der Waals surface area contributed by atoms with Gasteiger partial charge in [-0.05, 0) is 47.7 Å². The zero-order valence-corrected chi connectivity index (χ0v) is 15.2.